The third kappa shape index (κ3) is 3.70. The maximum absolute atomic E-state index is 13.7. The Morgan fingerprint density at radius 2 is 1.97 bits per heavy atom. The van der Waals surface area contributed by atoms with E-state index in [1.807, 2.05) is 6.07 Å². The normalized spacial score (nSPS) is 32.4. The Balaban J connectivity index is 1.28. The number of amides is 1. The van der Waals surface area contributed by atoms with Gasteiger partial charge in [0.05, 0.1) is 47.7 Å². The second-order valence-corrected chi connectivity index (χ2v) is 12.7. The van der Waals surface area contributed by atoms with E-state index < -0.39 is 17.1 Å². The molecule has 1 amide bonds. The van der Waals surface area contributed by atoms with E-state index in [-0.39, 0.29) is 24.4 Å². The minimum Gasteiger partial charge on any atom is -0.493 e. The molecular weight excluding hydrogens is 539 g/mol. The van der Waals surface area contributed by atoms with Gasteiger partial charge in [-0.3, -0.25) is 14.5 Å². The van der Waals surface area contributed by atoms with E-state index in [2.05, 4.69) is 11.0 Å². The molecule has 7 nitrogen and oxygen atoms in total. The first-order valence-electron chi connectivity index (χ1n) is 13.9. The summed E-state index contributed by atoms with van der Waals surface area (Å²) in [7, 11) is 3.18. The Morgan fingerprint density at radius 1 is 1.15 bits per heavy atom. The molecule has 2 bridgehead atoms. The van der Waals surface area contributed by atoms with Gasteiger partial charge in [0.2, 0.25) is 0 Å². The summed E-state index contributed by atoms with van der Waals surface area (Å²) in [4.78, 5) is 22.0. The number of nitrogens with zero attached hydrogens (tertiary/aromatic N) is 2. The lowest BCUT2D eigenvalue weighted by Gasteiger charge is -2.64. The van der Waals surface area contributed by atoms with Crippen molar-refractivity contribution in [1.29, 1.82) is 0 Å². The SMILES string of the molecule is COc1ccc2c3c1O[C@H]1[C@@H](N(OC)C(=O)Cc4ccc(Cl)c(Cl)c4)CC[C@@]4(O)[C@@H](C2)N(CC2CC2)CC[C@]314. The van der Waals surface area contributed by atoms with Crippen molar-refractivity contribution < 1.29 is 24.2 Å². The van der Waals surface area contributed by atoms with Gasteiger partial charge in [-0.1, -0.05) is 35.3 Å². The van der Waals surface area contributed by atoms with Crippen molar-refractivity contribution in [3.63, 3.8) is 0 Å². The van der Waals surface area contributed by atoms with Gasteiger partial charge in [0.15, 0.2) is 11.5 Å². The summed E-state index contributed by atoms with van der Waals surface area (Å²) < 4.78 is 12.6. The Labute approximate surface area is 238 Å². The van der Waals surface area contributed by atoms with Crippen molar-refractivity contribution in [3.8, 4) is 11.5 Å². The first-order chi connectivity index (χ1) is 18.8. The van der Waals surface area contributed by atoms with Crippen LogP contribution in [-0.4, -0.2) is 72.1 Å². The molecule has 1 spiro atoms. The van der Waals surface area contributed by atoms with Crippen LogP contribution in [0.15, 0.2) is 30.3 Å². The number of halogens is 2. The van der Waals surface area contributed by atoms with Crippen LogP contribution in [0.5, 0.6) is 11.5 Å². The number of piperidine rings is 1. The van der Waals surface area contributed by atoms with Gasteiger partial charge in [0, 0.05) is 18.2 Å². The fourth-order valence-electron chi connectivity index (χ4n) is 8.17. The minimum atomic E-state index is -0.960. The zero-order chi connectivity index (χ0) is 27.1. The maximum atomic E-state index is 13.7. The van der Waals surface area contributed by atoms with E-state index in [9.17, 15) is 9.90 Å². The first kappa shape index (κ1) is 25.9. The highest BCUT2D eigenvalue weighted by Crippen LogP contribution is 2.66. The van der Waals surface area contributed by atoms with Crippen molar-refractivity contribution in [3.05, 3.63) is 57.1 Å². The molecule has 39 heavy (non-hydrogen) atoms. The lowest BCUT2D eigenvalue weighted by Crippen LogP contribution is -2.78. The van der Waals surface area contributed by atoms with E-state index in [4.69, 9.17) is 37.5 Å². The predicted octanol–water partition coefficient (Wildman–Crippen LogP) is 4.57. The second kappa shape index (κ2) is 9.25. The van der Waals surface area contributed by atoms with Crippen LogP contribution in [0.25, 0.3) is 0 Å². The third-order valence-electron chi connectivity index (χ3n) is 10.0. The average molecular weight is 574 g/mol. The molecule has 0 aromatic heterocycles. The Morgan fingerprint density at radius 3 is 2.69 bits per heavy atom. The highest BCUT2D eigenvalue weighted by atomic mass is 35.5. The van der Waals surface area contributed by atoms with Crippen LogP contribution in [0.4, 0.5) is 0 Å². The van der Waals surface area contributed by atoms with Crippen LogP contribution in [0.2, 0.25) is 10.0 Å². The van der Waals surface area contributed by atoms with Crippen LogP contribution in [0.1, 0.15) is 48.8 Å². The average Bonchev–Trinajstić information content (AvgIpc) is 3.66. The van der Waals surface area contributed by atoms with Gasteiger partial charge in [0.1, 0.15) is 6.10 Å². The number of carbonyl (C=O) groups excluding carboxylic acids is 1. The number of rotatable bonds is 7. The summed E-state index contributed by atoms with van der Waals surface area (Å²) >= 11 is 12.3. The van der Waals surface area contributed by atoms with E-state index in [0.29, 0.717) is 34.4 Å². The van der Waals surface area contributed by atoms with Gasteiger partial charge in [-0.15, -0.1) is 0 Å². The maximum Gasteiger partial charge on any atom is 0.250 e. The van der Waals surface area contributed by atoms with Crippen LogP contribution in [0, 0.1) is 5.92 Å². The molecule has 1 N–H and O–H groups in total. The number of carbonyl (C=O) groups is 1. The number of likely N-dealkylation sites (tertiary alicyclic amines) is 1. The Kier molecular flexibility index (Phi) is 6.14. The van der Waals surface area contributed by atoms with Crippen LogP contribution in [-0.2, 0) is 27.9 Å². The first-order valence-corrected chi connectivity index (χ1v) is 14.7. The molecule has 5 atom stereocenters. The highest BCUT2D eigenvalue weighted by molar-refractivity contribution is 6.42. The van der Waals surface area contributed by atoms with Gasteiger partial charge in [-0.2, -0.15) is 0 Å². The highest BCUT2D eigenvalue weighted by Gasteiger charge is 2.73. The van der Waals surface area contributed by atoms with Crippen LogP contribution < -0.4 is 9.47 Å². The monoisotopic (exact) mass is 572 g/mol. The lowest BCUT2D eigenvalue weighted by molar-refractivity contribution is -0.240. The molecule has 2 aromatic rings. The fourth-order valence-corrected chi connectivity index (χ4v) is 8.49. The molecule has 9 heteroatoms. The molecule has 2 aromatic carbocycles. The molecular formula is C30H34Cl2N2O5. The standard InChI is InChI=1S/C30H34Cl2N2O5/c1-37-23-8-6-19-15-24-30(36)10-9-22(34(38-2)25(35)14-18-5-7-20(31)21(32)13-18)28-29(30,26(19)27(23)39-28)11-12-33(24)16-17-3-4-17/h5-8,13,17,22,24,28,36H,3-4,9-12,14-16H2,1-2H3/t22-,24+,28-,29-,30+/m0/s1. The number of hydrogen-bond donors (Lipinski definition) is 1. The Bertz CT molecular complexity index is 1330. The van der Waals surface area contributed by atoms with Crippen LogP contribution >= 0.6 is 23.2 Å². The topological polar surface area (TPSA) is 71.5 Å². The molecule has 208 valence electrons. The molecule has 1 saturated heterocycles. The number of ether oxygens (including phenoxy) is 2. The summed E-state index contributed by atoms with van der Waals surface area (Å²) in [6.45, 7) is 1.94. The molecule has 7 rings (SSSR count). The van der Waals surface area contributed by atoms with E-state index >= 15 is 0 Å². The van der Waals surface area contributed by atoms with Gasteiger partial charge in [-0.25, -0.2) is 5.06 Å². The second-order valence-electron chi connectivity index (χ2n) is 11.9. The molecule has 2 aliphatic heterocycles. The van der Waals surface area contributed by atoms with E-state index in [1.54, 1.807) is 25.3 Å². The molecule has 5 aliphatic rings. The van der Waals surface area contributed by atoms with Crippen molar-refractivity contribution in [2.75, 3.05) is 27.3 Å². The van der Waals surface area contributed by atoms with Gasteiger partial charge in [0.25, 0.3) is 5.91 Å². The molecule has 2 heterocycles. The number of aliphatic hydroxyl groups is 1. The van der Waals surface area contributed by atoms with E-state index in [1.165, 1.54) is 30.6 Å². The van der Waals surface area contributed by atoms with Gasteiger partial charge in [-0.05, 0) is 80.3 Å². The smallest absolute Gasteiger partial charge is 0.250 e. The molecule has 3 aliphatic carbocycles. The summed E-state index contributed by atoms with van der Waals surface area (Å²) in [6, 6.07) is 8.99. The predicted molar refractivity (Wildman–Crippen MR) is 147 cm³/mol. The van der Waals surface area contributed by atoms with Crippen molar-refractivity contribution in [2.45, 2.75) is 74.1 Å². The quantitative estimate of drug-likeness (QED) is 0.490. The lowest BCUT2D eigenvalue weighted by atomic mass is 9.48. The summed E-state index contributed by atoms with van der Waals surface area (Å²) in [5, 5.41) is 15.1. The van der Waals surface area contributed by atoms with E-state index in [0.717, 1.165) is 43.0 Å². The number of hydroxylamine groups is 2. The van der Waals surface area contributed by atoms with Crippen molar-refractivity contribution >= 4 is 29.1 Å². The number of benzene rings is 2. The number of methoxy groups -OCH3 is 1. The van der Waals surface area contributed by atoms with Gasteiger partial charge >= 0.3 is 0 Å². The summed E-state index contributed by atoms with van der Waals surface area (Å²) in [5.74, 6) is 1.94. The molecule has 2 saturated carbocycles. The van der Waals surface area contributed by atoms with Crippen molar-refractivity contribution in [2.24, 2.45) is 5.92 Å². The molecule has 3 fully saturated rings. The summed E-state index contributed by atoms with van der Waals surface area (Å²) in [6.07, 6.45) is 4.92. The molecule has 0 radical (unpaired) electrons. The fraction of sp³-hybridized carbons (Fsp3) is 0.567. The largest absolute Gasteiger partial charge is 0.493 e. The zero-order valence-electron chi connectivity index (χ0n) is 22.3. The van der Waals surface area contributed by atoms with Crippen molar-refractivity contribution in [1.82, 2.24) is 9.96 Å². The number of hydrogen-bond acceptors (Lipinski definition) is 6. The Hall–Kier alpha value is -2.03. The molecule has 0 unspecified atom stereocenters. The summed E-state index contributed by atoms with van der Waals surface area (Å²) in [5.41, 5.74) is 1.45. The van der Waals surface area contributed by atoms with Gasteiger partial charge < -0.3 is 14.6 Å². The van der Waals surface area contributed by atoms with Crippen LogP contribution in [0.3, 0.4) is 0 Å². The minimum absolute atomic E-state index is 0.0219. The third-order valence-corrected chi connectivity index (χ3v) is 10.8. The zero-order valence-corrected chi connectivity index (χ0v) is 23.8.